The fourth-order valence-electron chi connectivity index (χ4n) is 1.64. The van der Waals surface area contributed by atoms with Crippen LogP contribution in [0.5, 0.6) is 0 Å². The lowest BCUT2D eigenvalue weighted by molar-refractivity contribution is -0.137. The lowest BCUT2D eigenvalue weighted by Gasteiger charge is -2.25. The standard InChI is InChI=1S/C12H16ClF3N2/c1-2-3-8-18(9-6-13)11-10(12(14,15)16)5-4-7-17-11/h4-5,7H,2-3,6,8-9H2,1H3. The highest BCUT2D eigenvalue weighted by molar-refractivity contribution is 6.18. The van der Waals surface area contributed by atoms with Gasteiger partial charge in [-0.1, -0.05) is 13.3 Å². The molecule has 0 aliphatic rings. The Morgan fingerprint density at radius 1 is 1.33 bits per heavy atom. The van der Waals surface area contributed by atoms with Crippen LogP contribution in [0.2, 0.25) is 0 Å². The second-order valence-electron chi connectivity index (χ2n) is 3.90. The van der Waals surface area contributed by atoms with Crippen LogP contribution in [0.1, 0.15) is 25.3 Å². The highest BCUT2D eigenvalue weighted by Crippen LogP contribution is 2.35. The molecule has 1 aromatic rings. The van der Waals surface area contributed by atoms with Crippen molar-refractivity contribution in [3.63, 3.8) is 0 Å². The molecule has 0 atom stereocenters. The highest BCUT2D eigenvalue weighted by Gasteiger charge is 2.35. The predicted octanol–water partition coefficient (Wildman–Crippen LogP) is 3.95. The van der Waals surface area contributed by atoms with Crippen molar-refractivity contribution in [2.75, 3.05) is 23.9 Å². The minimum atomic E-state index is -4.39. The Bertz CT molecular complexity index is 369. The summed E-state index contributed by atoms with van der Waals surface area (Å²) in [4.78, 5) is 5.46. The first-order valence-corrected chi connectivity index (χ1v) is 6.37. The summed E-state index contributed by atoms with van der Waals surface area (Å²) < 4.78 is 38.6. The van der Waals surface area contributed by atoms with Gasteiger partial charge in [-0.05, 0) is 18.6 Å². The van der Waals surface area contributed by atoms with Crippen molar-refractivity contribution in [1.82, 2.24) is 4.98 Å². The largest absolute Gasteiger partial charge is 0.419 e. The second-order valence-corrected chi connectivity index (χ2v) is 4.28. The maximum atomic E-state index is 12.9. The van der Waals surface area contributed by atoms with Gasteiger partial charge in [-0.3, -0.25) is 0 Å². The number of alkyl halides is 4. The Kier molecular flexibility index (Phi) is 5.72. The molecule has 0 saturated carbocycles. The zero-order valence-electron chi connectivity index (χ0n) is 10.2. The lowest BCUT2D eigenvalue weighted by Crippen LogP contribution is -2.30. The van der Waals surface area contributed by atoms with E-state index in [1.165, 1.54) is 12.3 Å². The zero-order valence-corrected chi connectivity index (χ0v) is 10.9. The van der Waals surface area contributed by atoms with Crippen molar-refractivity contribution in [1.29, 1.82) is 0 Å². The summed E-state index contributed by atoms with van der Waals surface area (Å²) in [6.45, 7) is 2.88. The van der Waals surface area contributed by atoms with Gasteiger partial charge in [-0.25, -0.2) is 4.98 Å². The molecule has 0 spiro atoms. The van der Waals surface area contributed by atoms with E-state index in [0.717, 1.165) is 18.9 Å². The van der Waals surface area contributed by atoms with Crippen molar-refractivity contribution >= 4 is 17.4 Å². The third-order valence-electron chi connectivity index (χ3n) is 2.53. The summed E-state index contributed by atoms with van der Waals surface area (Å²) in [5.74, 6) is 0.247. The van der Waals surface area contributed by atoms with Crippen LogP contribution >= 0.6 is 11.6 Å². The number of rotatable bonds is 6. The molecule has 0 aliphatic heterocycles. The van der Waals surface area contributed by atoms with Gasteiger partial charge in [-0.15, -0.1) is 11.6 Å². The van der Waals surface area contributed by atoms with Gasteiger partial charge < -0.3 is 4.90 Å². The summed E-state index contributed by atoms with van der Waals surface area (Å²) in [6, 6.07) is 2.35. The van der Waals surface area contributed by atoms with Gasteiger partial charge in [0.2, 0.25) is 0 Å². The number of nitrogens with zero attached hydrogens (tertiary/aromatic N) is 2. The fraction of sp³-hybridized carbons (Fsp3) is 0.583. The first-order valence-electron chi connectivity index (χ1n) is 5.83. The molecule has 0 aliphatic carbocycles. The molecular formula is C12H16ClF3N2. The van der Waals surface area contributed by atoms with Crippen LogP contribution in [-0.2, 0) is 6.18 Å². The molecule has 0 unspecified atom stereocenters. The molecule has 18 heavy (non-hydrogen) atoms. The van der Waals surface area contributed by atoms with Gasteiger partial charge in [0.1, 0.15) is 5.82 Å². The number of hydrogen-bond acceptors (Lipinski definition) is 2. The van der Waals surface area contributed by atoms with E-state index in [-0.39, 0.29) is 11.7 Å². The molecule has 0 radical (unpaired) electrons. The Morgan fingerprint density at radius 2 is 2.06 bits per heavy atom. The second kappa shape index (κ2) is 6.83. The fourth-order valence-corrected chi connectivity index (χ4v) is 1.85. The molecule has 0 bridgehead atoms. The molecule has 1 aromatic heterocycles. The molecule has 1 rings (SSSR count). The van der Waals surface area contributed by atoms with Gasteiger partial charge in [0.15, 0.2) is 0 Å². The van der Waals surface area contributed by atoms with Crippen LogP contribution in [0.3, 0.4) is 0 Å². The van der Waals surface area contributed by atoms with Crippen molar-refractivity contribution in [3.05, 3.63) is 23.9 Å². The Labute approximate surface area is 110 Å². The maximum absolute atomic E-state index is 12.9. The van der Waals surface area contributed by atoms with Crippen LogP contribution in [0.25, 0.3) is 0 Å². The van der Waals surface area contributed by atoms with Crippen molar-refractivity contribution in [2.24, 2.45) is 0 Å². The van der Waals surface area contributed by atoms with E-state index in [4.69, 9.17) is 11.6 Å². The van der Waals surface area contributed by atoms with Gasteiger partial charge in [0, 0.05) is 25.2 Å². The molecule has 2 nitrogen and oxygen atoms in total. The number of pyridine rings is 1. The van der Waals surface area contributed by atoms with Gasteiger partial charge in [-0.2, -0.15) is 13.2 Å². The highest BCUT2D eigenvalue weighted by atomic mass is 35.5. The number of halogens is 4. The third-order valence-corrected chi connectivity index (χ3v) is 2.70. The molecule has 0 aromatic carbocycles. The normalized spacial score (nSPS) is 11.6. The third kappa shape index (κ3) is 4.05. The lowest BCUT2D eigenvalue weighted by atomic mass is 10.2. The first kappa shape index (κ1) is 15.1. The number of anilines is 1. The van der Waals surface area contributed by atoms with E-state index >= 15 is 0 Å². The smallest absolute Gasteiger partial charge is 0.355 e. The van der Waals surface area contributed by atoms with E-state index < -0.39 is 11.7 Å². The van der Waals surface area contributed by atoms with E-state index in [2.05, 4.69) is 4.98 Å². The molecule has 0 amide bonds. The zero-order chi connectivity index (χ0) is 13.6. The SMILES string of the molecule is CCCCN(CCCl)c1ncccc1C(F)(F)F. The number of aromatic nitrogens is 1. The van der Waals surface area contributed by atoms with E-state index in [0.29, 0.717) is 13.1 Å². The van der Waals surface area contributed by atoms with Crippen molar-refractivity contribution in [2.45, 2.75) is 25.9 Å². The average Bonchev–Trinajstić information content (AvgIpc) is 2.33. The summed E-state index contributed by atoms with van der Waals surface area (Å²) >= 11 is 5.64. The summed E-state index contributed by atoms with van der Waals surface area (Å²) in [7, 11) is 0. The van der Waals surface area contributed by atoms with E-state index in [1.807, 2.05) is 6.92 Å². The minimum Gasteiger partial charge on any atom is -0.355 e. The summed E-state index contributed by atoms with van der Waals surface area (Å²) in [6.07, 6.45) is -1.30. The first-order chi connectivity index (χ1) is 8.50. The van der Waals surface area contributed by atoms with Crippen LogP contribution in [-0.4, -0.2) is 24.0 Å². The van der Waals surface area contributed by atoms with Crippen LogP contribution < -0.4 is 4.90 Å². The Morgan fingerprint density at radius 3 is 2.61 bits per heavy atom. The average molecular weight is 281 g/mol. The Balaban J connectivity index is 3.03. The topological polar surface area (TPSA) is 16.1 Å². The number of hydrogen-bond donors (Lipinski definition) is 0. The van der Waals surface area contributed by atoms with Crippen LogP contribution in [0, 0.1) is 0 Å². The predicted molar refractivity (Wildman–Crippen MR) is 67.1 cm³/mol. The maximum Gasteiger partial charge on any atom is 0.419 e. The van der Waals surface area contributed by atoms with Crippen molar-refractivity contribution < 1.29 is 13.2 Å². The van der Waals surface area contributed by atoms with E-state index in [1.54, 1.807) is 4.90 Å². The molecule has 0 N–H and O–H groups in total. The van der Waals surface area contributed by atoms with Gasteiger partial charge in [0.05, 0.1) is 5.56 Å². The van der Waals surface area contributed by atoms with Gasteiger partial charge >= 0.3 is 6.18 Å². The molecule has 0 fully saturated rings. The quantitative estimate of drug-likeness (QED) is 0.734. The summed E-state index contributed by atoms with van der Waals surface area (Å²) in [5, 5.41) is 0. The van der Waals surface area contributed by atoms with Crippen LogP contribution in [0.4, 0.5) is 19.0 Å². The molecule has 6 heteroatoms. The minimum absolute atomic E-state index is 0.0286. The Hall–Kier alpha value is -0.970. The molecular weight excluding hydrogens is 265 g/mol. The van der Waals surface area contributed by atoms with E-state index in [9.17, 15) is 13.2 Å². The van der Waals surface area contributed by atoms with Crippen molar-refractivity contribution in [3.8, 4) is 0 Å². The summed E-state index contributed by atoms with van der Waals surface area (Å²) in [5.41, 5.74) is -0.703. The molecule has 1 heterocycles. The van der Waals surface area contributed by atoms with Crippen LogP contribution in [0.15, 0.2) is 18.3 Å². The molecule has 102 valence electrons. The number of unbranched alkanes of at least 4 members (excludes halogenated alkanes) is 1. The molecule has 0 saturated heterocycles. The van der Waals surface area contributed by atoms with Gasteiger partial charge in [0.25, 0.3) is 0 Å². The monoisotopic (exact) mass is 280 g/mol.